The number of ether oxygens (including phenoxy) is 1. The second-order valence-electron chi connectivity index (χ2n) is 6.25. The van der Waals surface area contributed by atoms with Gasteiger partial charge in [0.1, 0.15) is 0 Å². The van der Waals surface area contributed by atoms with Crippen molar-refractivity contribution >= 4 is 34.2 Å². The quantitative estimate of drug-likeness (QED) is 0.653. The molecule has 0 aliphatic rings. The van der Waals surface area contributed by atoms with Crippen LogP contribution >= 0.6 is 0 Å². The predicted octanol–water partition coefficient (Wildman–Crippen LogP) is 3.45. The van der Waals surface area contributed by atoms with E-state index in [0.29, 0.717) is 22.2 Å². The Labute approximate surface area is 157 Å². The number of hydrogen-bond donors (Lipinski definition) is 2. The van der Waals surface area contributed by atoms with Crippen molar-refractivity contribution in [1.29, 1.82) is 0 Å². The van der Waals surface area contributed by atoms with Gasteiger partial charge in [0.2, 0.25) is 0 Å². The fourth-order valence-corrected chi connectivity index (χ4v) is 2.88. The molecule has 0 aliphatic carbocycles. The van der Waals surface area contributed by atoms with Crippen molar-refractivity contribution in [3.05, 3.63) is 53.7 Å². The number of methoxy groups -OCH3 is 1. The first kappa shape index (κ1) is 18.4. The van der Waals surface area contributed by atoms with Crippen LogP contribution in [0.1, 0.15) is 34.2 Å². The molecule has 1 heterocycles. The van der Waals surface area contributed by atoms with Crippen LogP contribution in [0, 0.1) is 0 Å². The lowest BCUT2D eigenvalue weighted by Crippen LogP contribution is -2.18. The highest BCUT2D eigenvalue weighted by atomic mass is 16.5. The van der Waals surface area contributed by atoms with E-state index >= 15 is 0 Å². The summed E-state index contributed by atoms with van der Waals surface area (Å²) in [5.74, 6) is -0.751. The second-order valence-corrected chi connectivity index (χ2v) is 6.25. The molecule has 7 heteroatoms. The van der Waals surface area contributed by atoms with Crippen LogP contribution in [0.3, 0.4) is 0 Å². The molecule has 0 saturated heterocycles. The fraction of sp³-hybridized carbons (Fsp3) is 0.250. The van der Waals surface area contributed by atoms with Gasteiger partial charge in [-0.25, -0.2) is 4.79 Å². The van der Waals surface area contributed by atoms with Gasteiger partial charge in [0, 0.05) is 35.9 Å². The third-order valence-corrected chi connectivity index (χ3v) is 4.33. The normalized spacial score (nSPS) is 10.6. The van der Waals surface area contributed by atoms with E-state index in [0.717, 1.165) is 18.7 Å². The predicted molar refractivity (Wildman–Crippen MR) is 105 cm³/mol. The Kier molecular flexibility index (Phi) is 5.40. The Morgan fingerprint density at radius 1 is 1.19 bits per heavy atom. The minimum atomic E-state index is -0.531. The Hall–Kier alpha value is -3.35. The number of aromatic amines is 1. The highest BCUT2D eigenvalue weighted by Crippen LogP contribution is 2.22. The van der Waals surface area contributed by atoms with Gasteiger partial charge < -0.3 is 15.0 Å². The average Bonchev–Trinajstić information content (AvgIpc) is 3.11. The third-order valence-electron chi connectivity index (χ3n) is 4.33. The van der Waals surface area contributed by atoms with E-state index in [9.17, 15) is 9.59 Å². The molecule has 1 aromatic heterocycles. The summed E-state index contributed by atoms with van der Waals surface area (Å²) in [7, 11) is 3.33. The molecule has 0 atom stereocenters. The Bertz CT molecular complexity index is 963. The van der Waals surface area contributed by atoms with Gasteiger partial charge in [-0.15, -0.1) is 0 Å². The number of fused-ring (bicyclic) bond motifs is 1. The first-order chi connectivity index (χ1) is 13.0. The maximum absolute atomic E-state index is 12.5. The van der Waals surface area contributed by atoms with Crippen molar-refractivity contribution in [2.24, 2.45) is 0 Å². The Morgan fingerprint density at radius 2 is 1.93 bits per heavy atom. The molecule has 3 aromatic rings. The summed E-state index contributed by atoms with van der Waals surface area (Å²) in [6.45, 7) is 3.08. The highest BCUT2D eigenvalue weighted by Gasteiger charge is 2.15. The van der Waals surface area contributed by atoms with E-state index < -0.39 is 5.97 Å². The number of rotatable bonds is 6. The first-order valence-electron chi connectivity index (χ1n) is 8.72. The summed E-state index contributed by atoms with van der Waals surface area (Å²) in [5.41, 5.74) is 3.08. The van der Waals surface area contributed by atoms with Gasteiger partial charge in [-0.1, -0.05) is 6.92 Å². The first-order valence-corrected chi connectivity index (χ1v) is 8.72. The zero-order valence-electron chi connectivity index (χ0n) is 15.6. The van der Waals surface area contributed by atoms with E-state index in [1.165, 1.54) is 7.11 Å². The molecule has 2 N–H and O–H groups in total. The molecule has 7 nitrogen and oxygen atoms in total. The van der Waals surface area contributed by atoms with Gasteiger partial charge in [0.05, 0.1) is 12.6 Å². The SMILES string of the molecule is CCCN(C)c1ccc(C(=O)Nc2ccc3[nH]nc(C(=O)OC)c3c2)cc1. The summed E-state index contributed by atoms with van der Waals surface area (Å²) < 4.78 is 4.73. The van der Waals surface area contributed by atoms with Crippen molar-refractivity contribution in [3.8, 4) is 0 Å². The van der Waals surface area contributed by atoms with Gasteiger partial charge in [0.15, 0.2) is 5.69 Å². The Balaban J connectivity index is 1.78. The van der Waals surface area contributed by atoms with Gasteiger partial charge in [-0.3, -0.25) is 9.89 Å². The van der Waals surface area contributed by atoms with Crippen molar-refractivity contribution < 1.29 is 14.3 Å². The van der Waals surface area contributed by atoms with E-state index in [-0.39, 0.29) is 11.6 Å². The van der Waals surface area contributed by atoms with Crippen molar-refractivity contribution in [1.82, 2.24) is 10.2 Å². The van der Waals surface area contributed by atoms with Crippen LogP contribution in [0.2, 0.25) is 0 Å². The van der Waals surface area contributed by atoms with Crippen LogP contribution in [0.15, 0.2) is 42.5 Å². The minimum Gasteiger partial charge on any atom is -0.464 e. The lowest BCUT2D eigenvalue weighted by atomic mass is 10.1. The van der Waals surface area contributed by atoms with Gasteiger partial charge in [0.25, 0.3) is 5.91 Å². The van der Waals surface area contributed by atoms with Crippen LogP contribution in [-0.2, 0) is 4.74 Å². The third kappa shape index (κ3) is 3.92. The van der Waals surface area contributed by atoms with Crippen molar-refractivity contribution in [3.63, 3.8) is 0 Å². The summed E-state index contributed by atoms with van der Waals surface area (Å²) >= 11 is 0. The number of benzene rings is 2. The summed E-state index contributed by atoms with van der Waals surface area (Å²) in [6, 6.07) is 12.7. The molecule has 3 rings (SSSR count). The topological polar surface area (TPSA) is 87.3 Å². The van der Waals surface area contributed by atoms with E-state index in [2.05, 4.69) is 27.3 Å². The lowest BCUT2D eigenvalue weighted by molar-refractivity contribution is 0.0596. The summed E-state index contributed by atoms with van der Waals surface area (Å²) in [4.78, 5) is 26.5. The molecule has 0 spiro atoms. The molecular formula is C20H22N4O3. The van der Waals surface area contributed by atoms with E-state index in [1.807, 2.05) is 19.2 Å². The number of nitrogens with zero attached hydrogens (tertiary/aromatic N) is 2. The number of nitrogens with one attached hydrogen (secondary N) is 2. The van der Waals surface area contributed by atoms with Gasteiger partial charge >= 0.3 is 5.97 Å². The molecule has 0 unspecified atom stereocenters. The molecule has 1 amide bonds. The molecule has 0 fully saturated rings. The number of esters is 1. The zero-order valence-corrected chi connectivity index (χ0v) is 15.6. The standard InChI is InChI=1S/C20H22N4O3/c1-4-11-24(2)15-8-5-13(6-9-15)19(25)21-14-7-10-17-16(12-14)18(23-22-17)20(26)27-3/h5-10,12H,4,11H2,1-3H3,(H,21,25)(H,22,23). The molecule has 0 aliphatic heterocycles. The number of aromatic nitrogens is 2. The zero-order chi connectivity index (χ0) is 19.4. The lowest BCUT2D eigenvalue weighted by Gasteiger charge is -2.18. The minimum absolute atomic E-state index is 0.187. The average molecular weight is 366 g/mol. The largest absolute Gasteiger partial charge is 0.464 e. The number of hydrogen-bond acceptors (Lipinski definition) is 5. The number of anilines is 2. The Morgan fingerprint density at radius 3 is 2.59 bits per heavy atom. The molecule has 0 radical (unpaired) electrons. The number of amides is 1. The van der Waals surface area contributed by atoms with Crippen molar-refractivity contribution in [2.45, 2.75) is 13.3 Å². The number of H-pyrrole nitrogens is 1. The second kappa shape index (κ2) is 7.90. The van der Waals surface area contributed by atoms with Crippen molar-refractivity contribution in [2.75, 3.05) is 30.9 Å². The molecule has 27 heavy (non-hydrogen) atoms. The summed E-state index contributed by atoms with van der Waals surface area (Å²) in [5, 5.41) is 10.2. The molecule has 0 bridgehead atoms. The number of carbonyl (C=O) groups excluding carboxylic acids is 2. The van der Waals surface area contributed by atoms with Gasteiger partial charge in [-0.2, -0.15) is 5.10 Å². The van der Waals surface area contributed by atoms with Gasteiger partial charge in [-0.05, 0) is 48.9 Å². The monoisotopic (exact) mass is 366 g/mol. The molecule has 2 aromatic carbocycles. The smallest absolute Gasteiger partial charge is 0.359 e. The maximum atomic E-state index is 12.5. The number of carbonyl (C=O) groups is 2. The van der Waals surface area contributed by atoms with E-state index in [1.54, 1.807) is 30.3 Å². The van der Waals surface area contributed by atoms with Crippen LogP contribution in [0.5, 0.6) is 0 Å². The van der Waals surface area contributed by atoms with E-state index in [4.69, 9.17) is 4.74 Å². The van der Waals surface area contributed by atoms with Crippen LogP contribution in [0.25, 0.3) is 10.9 Å². The van der Waals surface area contributed by atoms with Crippen LogP contribution in [-0.4, -0.2) is 42.8 Å². The molecule has 0 saturated carbocycles. The highest BCUT2D eigenvalue weighted by molar-refractivity contribution is 6.07. The van der Waals surface area contributed by atoms with Crippen LogP contribution in [0.4, 0.5) is 11.4 Å². The maximum Gasteiger partial charge on any atom is 0.359 e. The van der Waals surface area contributed by atoms with Crippen LogP contribution < -0.4 is 10.2 Å². The fourth-order valence-electron chi connectivity index (χ4n) is 2.88. The molecular weight excluding hydrogens is 344 g/mol. The molecule has 140 valence electrons. The summed E-state index contributed by atoms with van der Waals surface area (Å²) in [6.07, 6.45) is 1.06.